The molecule has 0 radical (unpaired) electrons. The second kappa shape index (κ2) is 5.05. The molecule has 0 spiro atoms. The molecule has 2 heterocycles. The predicted octanol–water partition coefficient (Wildman–Crippen LogP) is 2.05. The molecule has 20 heavy (non-hydrogen) atoms. The van der Waals surface area contributed by atoms with Crippen molar-refractivity contribution >= 4 is 16.9 Å². The van der Waals surface area contributed by atoms with Gasteiger partial charge in [-0.25, -0.2) is 0 Å². The van der Waals surface area contributed by atoms with E-state index in [1.54, 1.807) is 31.8 Å². The van der Waals surface area contributed by atoms with Crippen LogP contribution in [0, 0.1) is 0 Å². The van der Waals surface area contributed by atoms with E-state index in [1.165, 1.54) is 0 Å². The van der Waals surface area contributed by atoms with Crippen LogP contribution in [0.4, 0.5) is 0 Å². The summed E-state index contributed by atoms with van der Waals surface area (Å²) in [6.07, 6.45) is 6.59. The van der Waals surface area contributed by atoms with Crippen molar-refractivity contribution in [1.82, 2.24) is 20.3 Å². The van der Waals surface area contributed by atoms with E-state index in [9.17, 15) is 4.79 Å². The summed E-state index contributed by atoms with van der Waals surface area (Å²) >= 11 is 0. The maximum Gasteiger partial charge on any atom is 0.252 e. The number of rotatable bonds is 2. The average molecular weight is 264 g/mol. The third-order valence-electron chi connectivity index (χ3n) is 3.03. The molecule has 0 aliphatic heterocycles. The minimum Gasteiger partial charge on any atom is -0.355 e. The Morgan fingerprint density at radius 3 is 2.60 bits per heavy atom. The number of hydrogen-bond donors (Lipinski definition) is 1. The highest BCUT2D eigenvalue weighted by atomic mass is 16.1. The first-order chi connectivity index (χ1) is 9.78. The molecule has 3 rings (SSSR count). The fraction of sp³-hybridized carbons (Fsp3) is 0.0667. The zero-order valence-corrected chi connectivity index (χ0v) is 10.9. The number of nitrogens with one attached hydrogen (secondary N) is 1. The lowest BCUT2D eigenvalue weighted by Crippen LogP contribution is -2.17. The lowest BCUT2D eigenvalue weighted by atomic mass is 10.0. The Hall–Kier alpha value is -2.82. The van der Waals surface area contributed by atoms with Gasteiger partial charge in [0, 0.05) is 37.4 Å². The summed E-state index contributed by atoms with van der Waals surface area (Å²) in [6.45, 7) is 0. The normalized spacial score (nSPS) is 10.4. The second-order valence-electron chi connectivity index (χ2n) is 4.30. The fourth-order valence-corrected chi connectivity index (χ4v) is 2.01. The van der Waals surface area contributed by atoms with Gasteiger partial charge in [0.05, 0.1) is 16.6 Å². The smallest absolute Gasteiger partial charge is 0.252 e. The Balaban J connectivity index is 2.08. The molecule has 0 bridgehead atoms. The Kier molecular flexibility index (Phi) is 3.09. The zero-order valence-electron chi connectivity index (χ0n) is 10.9. The molecule has 5 heteroatoms. The van der Waals surface area contributed by atoms with Gasteiger partial charge >= 0.3 is 0 Å². The summed E-state index contributed by atoms with van der Waals surface area (Å²) in [5, 5.41) is 2.59. The van der Waals surface area contributed by atoms with Gasteiger partial charge in [-0.1, -0.05) is 6.07 Å². The molecule has 0 aliphatic rings. The van der Waals surface area contributed by atoms with Crippen LogP contribution in [0.15, 0.2) is 49.1 Å². The number of carbonyl (C=O) groups is 1. The number of fused-ring (bicyclic) bond motifs is 1. The average Bonchev–Trinajstić information content (AvgIpc) is 2.53. The number of benzene rings is 1. The highest BCUT2D eigenvalue weighted by Crippen LogP contribution is 2.22. The van der Waals surface area contributed by atoms with E-state index in [4.69, 9.17) is 0 Å². The summed E-state index contributed by atoms with van der Waals surface area (Å²) in [5.41, 5.74) is 4.01. The van der Waals surface area contributed by atoms with Gasteiger partial charge in [-0.05, 0) is 23.8 Å². The molecular formula is C15H12N4O. The first-order valence-corrected chi connectivity index (χ1v) is 6.16. The summed E-state index contributed by atoms with van der Waals surface area (Å²) < 4.78 is 0. The Bertz CT molecular complexity index is 785. The summed E-state index contributed by atoms with van der Waals surface area (Å²) in [6, 6.07) is 7.60. The third kappa shape index (κ3) is 2.21. The summed E-state index contributed by atoms with van der Waals surface area (Å²) in [4.78, 5) is 24.3. The molecule has 0 aliphatic carbocycles. The standard InChI is InChI=1S/C15H12N4O/c1-16-15(20)12-6-11(8-17-9-12)10-2-3-13-14(7-10)19-5-4-18-13/h2-9H,1H3,(H,16,20). The maximum atomic E-state index is 11.6. The van der Waals surface area contributed by atoms with Crippen LogP contribution in [-0.4, -0.2) is 27.9 Å². The number of nitrogens with zero attached hydrogens (tertiary/aromatic N) is 3. The van der Waals surface area contributed by atoms with Crippen LogP contribution in [-0.2, 0) is 0 Å². The third-order valence-corrected chi connectivity index (χ3v) is 3.03. The van der Waals surface area contributed by atoms with Crippen LogP contribution in [0.2, 0.25) is 0 Å². The van der Waals surface area contributed by atoms with Crippen molar-refractivity contribution < 1.29 is 4.79 Å². The number of aromatic nitrogens is 3. The van der Waals surface area contributed by atoms with Gasteiger partial charge in [0.2, 0.25) is 0 Å². The molecule has 5 nitrogen and oxygen atoms in total. The zero-order chi connectivity index (χ0) is 13.9. The number of pyridine rings is 1. The highest BCUT2D eigenvalue weighted by molar-refractivity contribution is 5.95. The minimum atomic E-state index is -0.153. The molecule has 2 aromatic heterocycles. The first-order valence-electron chi connectivity index (χ1n) is 6.16. The van der Waals surface area contributed by atoms with Gasteiger partial charge in [0.15, 0.2) is 0 Å². The summed E-state index contributed by atoms with van der Waals surface area (Å²) in [5.74, 6) is -0.153. The topological polar surface area (TPSA) is 67.8 Å². The van der Waals surface area contributed by atoms with Crippen LogP contribution >= 0.6 is 0 Å². The lowest BCUT2D eigenvalue weighted by Gasteiger charge is -2.05. The molecule has 3 aromatic rings. The van der Waals surface area contributed by atoms with Crippen molar-refractivity contribution in [3.05, 3.63) is 54.6 Å². The predicted molar refractivity (Wildman–Crippen MR) is 76.2 cm³/mol. The molecule has 0 fully saturated rings. The second-order valence-corrected chi connectivity index (χ2v) is 4.30. The number of carbonyl (C=O) groups excluding carboxylic acids is 1. The van der Waals surface area contributed by atoms with Crippen LogP contribution in [0.25, 0.3) is 22.2 Å². The van der Waals surface area contributed by atoms with E-state index in [2.05, 4.69) is 20.3 Å². The number of hydrogen-bond acceptors (Lipinski definition) is 4. The lowest BCUT2D eigenvalue weighted by molar-refractivity contribution is 0.0963. The molecule has 98 valence electrons. The molecule has 0 saturated heterocycles. The van der Waals surface area contributed by atoms with Gasteiger partial charge in [-0.3, -0.25) is 19.7 Å². The van der Waals surface area contributed by atoms with Crippen molar-refractivity contribution in [2.75, 3.05) is 7.05 Å². The largest absolute Gasteiger partial charge is 0.355 e. The maximum absolute atomic E-state index is 11.6. The first kappa shape index (κ1) is 12.2. The van der Waals surface area contributed by atoms with E-state index in [1.807, 2.05) is 24.3 Å². The molecule has 0 atom stereocenters. The van der Waals surface area contributed by atoms with E-state index in [0.29, 0.717) is 5.56 Å². The highest BCUT2D eigenvalue weighted by Gasteiger charge is 2.07. The molecule has 0 saturated carbocycles. The van der Waals surface area contributed by atoms with E-state index >= 15 is 0 Å². The quantitative estimate of drug-likeness (QED) is 0.769. The molecule has 1 amide bonds. The van der Waals surface area contributed by atoms with Crippen molar-refractivity contribution in [3.8, 4) is 11.1 Å². The van der Waals surface area contributed by atoms with Crippen LogP contribution in [0.5, 0.6) is 0 Å². The Morgan fingerprint density at radius 2 is 1.80 bits per heavy atom. The summed E-state index contributed by atoms with van der Waals surface area (Å²) in [7, 11) is 1.60. The Labute approximate surface area is 115 Å². The molecular weight excluding hydrogens is 252 g/mol. The van der Waals surface area contributed by atoms with Crippen LogP contribution in [0.3, 0.4) is 0 Å². The van der Waals surface area contributed by atoms with Crippen LogP contribution < -0.4 is 5.32 Å². The van der Waals surface area contributed by atoms with Gasteiger partial charge < -0.3 is 5.32 Å². The number of amides is 1. The van der Waals surface area contributed by atoms with Crippen molar-refractivity contribution in [3.63, 3.8) is 0 Å². The van der Waals surface area contributed by atoms with Gasteiger partial charge in [-0.2, -0.15) is 0 Å². The van der Waals surface area contributed by atoms with Gasteiger partial charge in [-0.15, -0.1) is 0 Å². The van der Waals surface area contributed by atoms with Gasteiger partial charge in [0.25, 0.3) is 5.91 Å². The Morgan fingerprint density at radius 1 is 1.00 bits per heavy atom. The molecule has 0 unspecified atom stereocenters. The van der Waals surface area contributed by atoms with Crippen molar-refractivity contribution in [1.29, 1.82) is 0 Å². The molecule has 1 aromatic carbocycles. The molecule has 1 N–H and O–H groups in total. The van der Waals surface area contributed by atoms with Gasteiger partial charge in [0.1, 0.15) is 0 Å². The fourth-order valence-electron chi connectivity index (χ4n) is 2.01. The van der Waals surface area contributed by atoms with Crippen molar-refractivity contribution in [2.24, 2.45) is 0 Å². The minimum absolute atomic E-state index is 0.153. The van der Waals surface area contributed by atoms with Crippen LogP contribution in [0.1, 0.15) is 10.4 Å². The SMILES string of the molecule is CNC(=O)c1cncc(-c2ccc3nccnc3c2)c1. The van der Waals surface area contributed by atoms with Crippen molar-refractivity contribution in [2.45, 2.75) is 0 Å². The van der Waals surface area contributed by atoms with E-state index in [0.717, 1.165) is 22.2 Å². The van der Waals surface area contributed by atoms with E-state index < -0.39 is 0 Å². The van der Waals surface area contributed by atoms with E-state index in [-0.39, 0.29) is 5.91 Å². The monoisotopic (exact) mass is 264 g/mol.